The van der Waals surface area contributed by atoms with Gasteiger partial charge in [0.15, 0.2) is 5.13 Å². The van der Waals surface area contributed by atoms with E-state index < -0.39 is 20.7 Å². The summed E-state index contributed by atoms with van der Waals surface area (Å²) in [5, 5.41) is 4.92. The number of rotatable bonds is 8. The second-order valence-electron chi connectivity index (χ2n) is 5.77. The summed E-state index contributed by atoms with van der Waals surface area (Å²) in [6, 6.07) is 11.3. The Morgan fingerprint density at radius 3 is 2.68 bits per heavy atom. The van der Waals surface area contributed by atoms with Crippen molar-refractivity contribution in [2.45, 2.75) is 10.9 Å². The van der Waals surface area contributed by atoms with Gasteiger partial charge in [-0.1, -0.05) is 41.9 Å². The number of nitrogens with zero attached hydrogens (tertiary/aromatic N) is 1. The minimum atomic E-state index is -4.16. The molecule has 0 amide bonds. The highest BCUT2D eigenvalue weighted by Crippen LogP contribution is 2.32. The Labute approximate surface area is 171 Å². The number of nitrogens with one attached hydrogen (secondary N) is 2. The van der Waals surface area contributed by atoms with Crippen LogP contribution in [0.3, 0.4) is 0 Å². The first kappa shape index (κ1) is 20.5. The quantitative estimate of drug-likeness (QED) is 0.536. The molecule has 0 saturated heterocycles. The molecule has 0 bridgehead atoms. The van der Waals surface area contributed by atoms with Gasteiger partial charge in [-0.15, -0.1) is 11.3 Å². The Kier molecular flexibility index (Phi) is 6.50. The minimum absolute atomic E-state index is 0.0675. The van der Waals surface area contributed by atoms with Crippen molar-refractivity contribution < 1.29 is 17.5 Å². The zero-order valence-electron chi connectivity index (χ0n) is 14.7. The van der Waals surface area contributed by atoms with Crippen LogP contribution >= 0.6 is 22.9 Å². The fraction of sp³-hybridized carbons (Fsp3) is 0.167. The van der Waals surface area contributed by atoms with E-state index in [0.717, 1.165) is 29.0 Å². The van der Waals surface area contributed by atoms with Gasteiger partial charge in [0.2, 0.25) is 0 Å². The Morgan fingerprint density at radius 1 is 1.29 bits per heavy atom. The van der Waals surface area contributed by atoms with Crippen molar-refractivity contribution in [2.24, 2.45) is 0 Å². The molecule has 0 saturated carbocycles. The lowest BCUT2D eigenvalue weighted by atomic mass is 10.1. The number of thiazole rings is 1. The van der Waals surface area contributed by atoms with Crippen molar-refractivity contribution in [1.82, 2.24) is 4.98 Å². The van der Waals surface area contributed by atoms with Crippen LogP contribution in [0.25, 0.3) is 0 Å². The lowest BCUT2D eigenvalue weighted by Crippen LogP contribution is -2.18. The van der Waals surface area contributed by atoms with E-state index in [1.165, 1.54) is 6.20 Å². The molecule has 1 unspecified atom stereocenters. The lowest BCUT2D eigenvalue weighted by Gasteiger charge is -2.21. The molecule has 0 aliphatic heterocycles. The summed E-state index contributed by atoms with van der Waals surface area (Å²) in [6.07, 6.45) is 1.44. The highest BCUT2D eigenvalue weighted by molar-refractivity contribution is 7.93. The van der Waals surface area contributed by atoms with Crippen molar-refractivity contribution in [3.8, 4) is 0 Å². The second-order valence-corrected chi connectivity index (χ2v) is 8.72. The van der Waals surface area contributed by atoms with Gasteiger partial charge in [0.1, 0.15) is 10.7 Å². The molecule has 0 aliphatic carbocycles. The van der Waals surface area contributed by atoms with Crippen LogP contribution in [-0.2, 0) is 14.8 Å². The molecule has 10 heteroatoms. The van der Waals surface area contributed by atoms with Crippen molar-refractivity contribution in [3.63, 3.8) is 0 Å². The number of hydrogen-bond donors (Lipinski definition) is 2. The van der Waals surface area contributed by atoms with E-state index in [1.807, 2.05) is 30.3 Å². The largest absolute Gasteiger partial charge is 0.382 e. The van der Waals surface area contributed by atoms with Crippen LogP contribution < -0.4 is 10.0 Å². The van der Waals surface area contributed by atoms with Gasteiger partial charge in [-0.25, -0.2) is 17.8 Å². The normalized spacial score (nSPS) is 12.5. The van der Waals surface area contributed by atoms with Gasteiger partial charge in [0, 0.05) is 18.7 Å². The Bertz CT molecular complexity index is 1030. The first-order chi connectivity index (χ1) is 13.4. The number of sulfonamides is 1. The zero-order valence-corrected chi connectivity index (χ0v) is 17.1. The first-order valence-electron chi connectivity index (χ1n) is 8.12. The molecule has 0 radical (unpaired) electrons. The summed E-state index contributed by atoms with van der Waals surface area (Å²) in [7, 11) is -2.60. The third-order valence-electron chi connectivity index (χ3n) is 3.83. The Balaban J connectivity index is 1.89. The maximum Gasteiger partial charge on any atom is 0.266 e. The summed E-state index contributed by atoms with van der Waals surface area (Å²) in [5.41, 5.74) is 1.18. The fourth-order valence-electron chi connectivity index (χ4n) is 2.55. The smallest absolute Gasteiger partial charge is 0.266 e. The summed E-state index contributed by atoms with van der Waals surface area (Å²) >= 11 is 7.33. The molecule has 3 rings (SSSR count). The van der Waals surface area contributed by atoms with Crippen molar-refractivity contribution in [3.05, 3.63) is 70.4 Å². The summed E-state index contributed by atoms with van der Waals surface area (Å²) < 4.78 is 47.0. The van der Waals surface area contributed by atoms with Crippen LogP contribution in [0.2, 0.25) is 5.02 Å². The van der Waals surface area contributed by atoms with Crippen molar-refractivity contribution >= 4 is 43.8 Å². The van der Waals surface area contributed by atoms with Gasteiger partial charge < -0.3 is 10.1 Å². The predicted molar refractivity (Wildman–Crippen MR) is 109 cm³/mol. The lowest BCUT2D eigenvalue weighted by molar-refractivity contribution is 0.186. The Hall–Kier alpha value is -2.20. The average molecular weight is 442 g/mol. The number of halogens is 2. The van der Waals surface area contributed by atoms with Gasteiger partial charge in [0.25, 0.3) is 10.0 Å². The maximum atomic E-state index is 14.6. The molecule has 6 nitrogen and oxygen atoms in total. The summed E-state index contributed by atoms with van der Waals surface area (Å²) in [6.45, 7) is 0.313. The van der Waals surface area contributed by atoms with E-state index in [2.05, 4.69) is 15.0 Å². The van der Waals surface area contributed by atoms with Gasteiger partial charge >= 0.3 is 0 Å². The van der Waals surface area contributed by atoms with E-state index >= 15 is 0 Å². The highest BCUT2D eigenvalue weighted by Gasteiger charge is 2.23. The van der Waals surface area contributed by atoms with Crippen LogP contribution in [0.15, 0.2) is 58.9 Å². The molecule has 1 atom stereocenters. The zero-order chi connectivity index (χ0) is 20.1. The molecule has 2 aromatic carbocycles. The van der Waals surface area contributed by atoms with E-state index in [0.29, 0.717) is 6.61 Å². The van der Waals surface area contributed by atoms with Gasteiger partial charge in [-0.3, -0.25) is 4.72 Å². The molecule has 0 fully saturated rings. The molecular formula is C18H17ClFN3O3S2. The number of methoxy groups -OCH3 is 1. The molecule has 1 heterocycles. The average Bonchev–Trinajstić information content (AvgIpc) is 3.16. The van der Waals surface area contributed by atoms with E-state index in [-0.39, 0.29) is 21.9 Å². The molecule has 1 aromatic heterocycles. The molecule has 28 heavy (non-hydrogen) atoms. The molecule has 2 N–H and O–H groups in total. The molecular weight excluding hydrogens is 425 g/mol. The maximum absolute atomic E-state index is 14.6. The number of benzene rings is 2. The van der Waals surface area contributed by atoms with Crippen molar-refractivity contribution in [1.29, 1.82) is 0 Å². The number of anilines is 2. The molecule has 148 valence electrons. The molecule has 0 aliphatic rings. The molecule has 3 aromatic rings. The topological polar surface area (TPSA) is 80.3 Å². The van der Waals surface area contributed by atoms with Crippen LogP contribution in [0.4, 0.5) is 15.2 Å². The number of ether oxygens (including phenoxy) is 1. The van der Waals surface area contributed by atoms with Crippen molar-refractivity contribution in [2.75, 3.05) is 23.8 Å². The van der Waals surface area contributed by atoms with Gasteiger partial charge in [0.05, 0.1) is 23.4 Å². The van der Waals surface area contributed by atoms with E-state index in [9.17, 15) is 12.8 Å². The number of aromatic nitrogens is 1. The first-order valence-corrected chi connectivity index (χ1v) is 10.9. The monoisotopic (exact) mass is 441 g/mol. The molecule has 0 spiro atoms. The predicted octanol–water partition coefficient (Wildman–Crippen LogP) is 4.54. The third-order valence-corrected chi connectivity index (χ3v) is 6.31. The minimum Gasteiger partial charge on any atom is -0.382 e. The van der Waals surface area contributed by atoms with Crippen LogP contribution in [0, 0.1) is 5.82 Å². The fourth-order valence-corrected chi connectivity index (χ4v) is 4.71. The van der Waals surface area contributed by atoms with Gasteiger partial charge in [-0.05, 0) is 17.7 Å². The van der Waals surface area contributed by atoms with Crippen LogP contribution in [-0.4, -0.2) is 27.1 Å². The van der Waals surface area contributed by atoms with E-state index in [1.54, 1.807) is 12.5 Å². The highest BCUT2D eigenvalue weighted by atomic mass is 35.5. The standard InChI is InChI=1S/C18H17ClFN3O3S2/c1-26-11-16(12-5-3-2-4-6-12)22-15-10-14(20)17(9-13(15)19)28(24,25)23-18-21-7-8-27-18/h2-10,16,22H,11H2,1H3,(H,21,23). The van der Waals surface area contributed by atoms with Crippen LogP contribution in [0.1, 0.15) is 11.6 Å². The van der Waals surface area contributed by atoms with E-state index in [4.69, 9.17) is 16.3 Å². The number of hydrogen-bond acceptors (Lipinski definition) is 6. The third kappa shape index (κ3) is 4.79. The summed E-state index contributed by atoms with van der Waals surface area (Å²) in [4.78, 5) is 3.28. The van der Waals surface area contributed by atoms with Gasteiger partial charge in [-0.2, -0.15) is 0 Å². The van der Waals surface area contributed by atoms with Crippen LogP contribution in [0.5, 0.6) is 0 Å². The SMILES string of the molecule is COCC(Nc1cc(F)c(S(=O)(=O)Nc2nccs2)cc1Cl)c1ccccc1. The Morgan fingerprint density at radius 2 is 2.04 bits per heavy atom. The summed E-state index contributed by atoms with van der Waals surface area (Å²) in [5.74, 6) is -0.930. The second kappa shape index (κ2) is 8.87.